The smallest absolute Gasteiger partial charge is 0.262 e. The van der Waals surface area contributed by atoms with Gasteiger partial charge in [-0.25, -0.2) is 4.98 Å². The van der Waals surface area contributed by atoms with Crippen LogP contribution in [0.25, 0.3) is 17.1 Å². The molecule has 0 aliphatic heterocycles. The predicted octanol–water partition coefficient (Wildman–Crippen LogP) is 3.96. The Kier molecular flexibility index (Phi) is 7.59. The van der Waals surface area contributed by atoms with Crippen LogP contribution in [-0.4, -0.2) is 28.4 Å². The molecule has 0 saturated heterocycles. The number of rotatable bonds is 7. The standard InChI is InChI=1S/C21H18Cl2N4O3/c22-14-7-9-19(16(23)12-14)30-11-3-6-20(28)26-27-21(29)10-8-15-13-24-17-4-1-2-5-18(17)25-15/h1-2,4-5,7-10,12-13H,3,6,11H2,(H,26,28)(H,27,29)/b10-8+. The first kappa shape index (κ1) is 21.5. The highest BCUT2D eigenvalue weighted by Crippen LogP contribution is 2.27. The number of ether oxygens (including phenoxy) is 1. The van der Waals surface area contributed by atoms with Gasteiger partial charge < -0.3 is 4.74 Å². The minimum absolute atomic E-state index is 0.172. The number of halogens is 2. The Bertz CT molecular complexity index is 1090. The number of aromatic nitrogens is 2. The molecule has 0 spiro atoms. The van der Waals surface area contributed by atoms with Gasteiger partial charge in [0, 0.05) is 17.5 Å². The minimum Gasteiger partial charge on any atom is -0.492 e. The van der Waals surface area contributed by atoms with Gasteiger partial charge in [-0.3, -0.25) is 25.4 Å². The number of carbonyl (C=O) groups is 2. The van der Waals surface area contributed by atoms with Crippen LogP contribution in [0.2, 0.25) is 10.0 Å². The van der Waals surface area contributed by atoms with Gasteiger partial charge in [-0.05, 0) is 42.8 Å². The molecule has 0 unspecified atom stereocenters. The van der Waals surface area contributed by atoms with Gasteiger partial charge >= 0.3 is 0 Å². The molecular weight excluding hydrogens is 427 g/mol. The summed E-state index contributed by atoms with van der Waals surface area (Å²) in [7, 11) is 0. The lowest BCUT2D eigenvalue weighted by atomic mass is 10.3. The summed E-state index contributed by atoms with van der Waals surface area (Å²) in [6.45, 7) is 0.295. The van der Waals surface area contributed by atoms with Crippen molar-refractivity contribution in [2.24, 2.45) is 0 Å². The van der Waals surface area contributed by atoms with Gasteiger partial charge in [0.25, 0.3) is 5.91 Å². The maximum absolute atomic E-state index is 11.9. The summed E-state index contributed by atoms with van der Waals surface area (Å²) in [5.74, 6) is -0.327. The second-order valence-electron chi connectivity index (χ2n) is 6.18. The Balaban J connectivity index is 1.37. The normalized spacial score (nSPS) is 10.9. The van der Waals surface area contributed by atoms with Crippen LogP contribution in [0.5, 0.6) is 5.75 Å². The number of carbonyl (C=O) groups excluding carboxylic acids is 2. The molecule has 3 aromatic rings. The third kappa shape index (κ3) is 6.43. The molecule has 0 saturated carbocycles. The number of hydrogen-bond donors (Lipinski definition) is 2. The van der Waals surface area contributed by atoms with Crippen molar-refractivity contribution in [1.29, 1.82) is 0 Å². The number of para-hydroxylation sites is 2. The first-order valence-electron chi connectivity index (χ1n) is 9.08. The summed E-state index contributed by atoms with van der Waals surface area (Å²) >= 11 is 11.8. The van der Waals surface area contributed by atoms with E-state index in [2.05, 4.69) is 20.8 Å². The molecule has 0 atom stereocenters. The number of fused-ring (bicyclic) bond motifs is 1. The maximum atomic E-state index is 11.9. The summed E-state index contributed by atoms with van der Waals surface area (Å²) < 4.78 is 5.50. The van der Waals surface area contributed by atoms with Gasteiger partial charge in [0.05, 0.1) is 34.6 Å². The Hall–Kier alpha value is -3.16. The molecule has 30 heavy (non-hydrogen) atoms. The molecule has 154 valence electrons. The first-order valence-corrected chi connectivity index (χ1v) is 9.83. The lowest BCUT2D eigenvalue weighted by Crippen LogP contribution is -2.40. The number of hydrazine groups is 1. The molecule has 2 N–H and O–H groups in total. The largest absolute Gasteiger partial charge is 0.492 e. The summed E-state index contributed by atoms with van der Waals surface area (Å²) in [5.41, 5.74) is 6.69. The quantitative estimate of drug-likeness (QED) is 0.326. The molecule has 3 rings (SSSR count). The van der Waals surface area contributed by atoms with Crippen molar-refractivity contribution in [3.8, 4) is 5.75 Å². The average Bonchev–Trinajstić information content (AvgIpc) is 2.75. The Morgan fingerprint density at radius 2 is 1.87 bits per heavy atom. The van der Waals surface area contributed by atoms with Gasteiger partial charge in [0.2, 0.25) is 5.91 Å². The fraction of sp³-hybridized carbons (Fsp3) is 0.143. The maximum Gasteiger partial charge on any atom is 0.262 e. The molecule has 7 nitrogen and oxygen atoms in total. The van der Waals surface area contributed by atoms with Gasteiger partial charge in [0.1, 0.15) is 5.75 Å². The fourth-order valence-electron chi connectivity index (χ4n) is 2.46. The molecule has 0 fully saturated rings. The molecule has 1 heterocycles. The van der Waals surface area contributed by atoms with Crippen molar-refractivity contribution < 1.29 is 14.3 Å². The van der Waals surface area contributed by atoms with Crippen molar-refractivity contribution in [1.82, 2.24) is 20.8 Å². The average molecular weight is 445 g/mol. The molecule has 1 aromatic heterocycles. The van der Waals surface area contributed by atoms with Gasteiger partial charge in [-0.1, -0.05) is 35.3 Å². The van der Waals surface area contributed by atoms with E-state index in [-0.39, 0.29) is 12.3 Å². The Morgan fingerprint density at radius 1 is 1.07 bits per heavy atom. The predicted molar refractivity (Wildman–Crippen MR) is 116 cm³/mol. The highest BCUT2D eigenvalue weighted by Gasteiger charge is 2.05. The molecule has 0 radical (unpaired) electrons. The molecule has 0 bridgehead atoms. The van der Waals surface area contributed by atoms with Crippen molar-refractivity contribution in [2.75, 3.05) is 6.61 Å². The highest BCUT2D eigenvalue weighted by atomic mass is 35.5. The zero-order chi connectivity index (χ0) is 21.3. The van der Waals surface area contributed by atoms with Crippen LogP contribution in [0.3, 0.4) is 0 Å². The van der Waals surface area contributed by atoms with E-state index in [0.717, 1.165) is 11.0 Å². The van der Waals surface area contributed by atoms with Crippen molar-refractivity contribution >= 4 is 52.1 Å². The second-order valence-corrected chi connectivity index (χ2v) is 7.02. The lowest BCUT2D eigenvalue weighted by molar-refractivity contribution is -0.126. The summed E-state index contributed by atoms with van der Waals surface area (Å²) in [5, 5.41) is 0.922. The lowest BCUT2D eigenvalue weighted by Gasteiger charge is -2.08. The number of benzene rings is 2. The first-order chi connectivity index (χ1) is 14.5. The summed E-state index contributed by atoms with van der Waals surface area (Å²) in [6.07, 6.45) is 4.97. The van der Waals surface area contributed by atoms with E-state index in [1.807, 2.05) is 24.3 Å². The van der Waals surface area contributed by atoms with E-state index < -0.39 is 5.91 Å². The van der Waals surface area contributed by atoms with Crippen LogP contribution in [0.15, 0.2) is 54.7 Å². The van der Waals surface area contributed by atoms with E-state index in [1.54, 1.807) is 24.4 Å². The van der Waals surface area contributed by atoms with E-state index in [9.17, 15) is 9.59 Å². The number of nitrogens with zero attached hydrogens (tertiary/aromatic N) is 2. The molecule has 0 aliphatic carbocycles. The van der Waals surface area contributed by atoms with Crippen LogP contribution < -0.4 is 15.6 Å². The van der Waals surface area contributed by atoms with E-state index in [4.69, 9.17) is 27.9 Å². The number of amides is 2. The molecule has 2 aromatic carbocycles. The van der Waals surface area contributed by atoms with Crippen LogP contribution in [-0.2, 0) is 9.59 Å². The monoisotopic (exact) mass is 444 g/mol. The summed E-state index contributed by atoms with van der Waals surface area (Å²) in [4.78, 5) is 32.3. The van der Waals surface area contributed by atoms with E-state index in [0.29, 0.717) is 34.5 Å². The van der Waals surface area contributed by atoms with Crippen LogP contribution in [0.4, 0.5) is 0 Å². The molecule has 0 aliphatic rings. The van der Waals surface area contributed by atoms with E-state index in [1.165, 1.54) is 12.2 Å². The second kappa shape index (κ2) is 10.6. The fourth-order valence-corrected chi connectivity index (χ4v) is 2.92. The van der Waals surface area contributed by atoms with Crippen molar-refractivity contribution in [3.63, 3.8) is 0 Å². The molecule has 2 amide bonds. The zero-order valence-electron chi connectivity index (χ0n) is 15.8. The van der Waals surface area contributed by atoms with E-state index >= 15 is 0 Å². The summed E-state index contributed by atoms with van der Waals surface area (Å²) in [6, 6.07) is 12.3. The molecular formula is C21H18Cl2N4O3. The Morgan fingerprint density at radius 3 is 2.67 bits per heavy atom. The zero-order valence-corrected chi connectivity index (χ0v) is 17.3. The van der Waals surface area contributed by atoms with Crippen LogP contribution >= 0.6 is 23.2 Å². The topological polar surface area (TPSA) is 93.2 Å². The Labute approximate surface area is 183 Å². The molecule has 9 heteroatoms. The van der Waals surface area contributed by atoms with Crippen LogP contribution in [0.1, 0.15) is 18.5 Å². The number of hydrogen-bond acceptors (Lipinski definition) is 5. The number of nitrogens with one attached hydrogen (secondary N) is 2. The third-order valence-electron chi connectivity index (χ3n) is 3.90. The van der Waals surface area contributed by atoms with Gasteiger partial charge in [-0.15, -0.1) is 0 Å². The van der Waals surface area contributed by atoms with Gasteiger partial charge in [-0.2, -0.15) is 0 Å². The van der Waals surface area contributed by atoms with Crippen molar-refractivity contribution in [3.05, 3.63) is 70.5 Å². The third-order valence-corrected chi connectivity index (χ3v) is 4.43. The highest BCUT2D eigenvalue weighted by molar-refractivity contribution is 6.35. The van der Waals surface area contributed by atoms with Gasteiger partial charge in [0.15, 0.2) is 0 Å². The minimum atomic E-state index is -0.484. The SMILES string of the molecule is O=C(/C=C/c1cnc2ccccc2n1)NNC(=O)CCCOc1ccc(Cl)cc1Cl. The van der Waals surface area contributed by atoms with Crippen LogP contribution in [0, 0.1) is 0 Å². The van der Waals surface area contributed by atoms with Crippen molar-refractivity contribution in [2.45, 2.75) is 12.8 Å².